The zero-order chi connectivity index (χ0) is 20.1. The third-order valence-corrected chi connectivity index (χ3v) is 5.15. The molecule has 1 aliphatic carbocycles. The lowest BCUT2D eigenvalue weighted by Gasteiger charge is -2.42. The maximum Gasteiger partial charge on any atom is 0.255 e. The fraction of sp³-hybridized carbons (Fsp3) is 0.333. The third-order valence-electron chi connectivity index (χ3n) is 5.15. The fourth-order valence-corrected chi connectivity index (χ4v) is 3.40. The van der Waals surface area contributed by atoms with Crippen molar-refractivity contribution in [3.8, 4) is 11.5 Å². The van der Waals surface area contributed by atoms with Crippen LogP contribution in [0.15, 0.2) is 42.5 Å². The van der Waals surface area contributed by atoms with Crippen LogP contribution in [0.1, 0.15) is 35.2 Å². The predicted molar refractivity (Wildman–Crippen MR) is 102 cm³/mol. The van der Waals surface area contributed by atoms with Crippen molar-refractivity contribution in [2.45, 2.75) is 24.7 Å². The molecule has 0 atom stereocenters. The average molecular weight is 386 g/mol. The summed E-state index contributed by atoms with van der Waals surface area (Å²) in [6.07, 6.45) is 2.97. The van der Waals surface area contributed by atoms with E-state index in [1.165, 1.54) is 19.2 Å². The minimum atomic E-state index is -0.601. The maximum atomic E-state index is 13.2. The van der Waals surface area contributed by atoms with Gasteiger partial charge in [-0.05, 0) is 48.7 Å². The highest BCUT2D eigenvalue weighted by molar-refractivity contribution is 5.95. The molecule has 2 aromatic rings. The molecule has 0 spiro atoms. The van der Waals surface area contributed by atoms with Crippen LogP contribution in [0.25, 0.3) is 0 Å². The Bertz CT molecular complexity index is 863. The van der Waals surface area contributed by atoms with Gasteiger partial charge in [-0.15, -0.1) is 0 Å². The minimum Gasteiger partial charge on any atom is -0.493 e. The van der Waals surface area contributed by atoms with Crippen LogP contribution in [0, 0.1) is 5.82 Å². The Labute approximate surface area is 162 Å². The second-order valence-electron chi connectivity index (χ2n) is 6.94. The van der Waals surface area contributed by atoms with Gasteiger partial charge in [0.1, 0.15) is 5.82 Å². The number of rotatable bonds is 8. The molecule has 1 aliphatic rings. The Balaban J connectivity index is 1.68. The van der Waals surface area contributed by atoms with Crippen LogP contribution in [-0.4, -0.2) is 32.1 Å². The normalized spacial score (nSPS) is 14.6. The molecule has 28 heavy (non-hydrogen) atoms. The Morgan fingerprint density at radius 2 is 1.86 bits per heavy atom. The van der Waals surface area contributed by atoms with Gasteiger partial charge in [-0.2, -0.15) is 0 Å². The molecule has 2 aromatic carbocycles. The first-order valence-electron chi connectivity index (χ1n) is 9.07. The summed E-state index contributed by atoms with van der Waals surface area (Å²) in [7, 11) is 1.45. The SMILES string of the molecule is COc1cc(C(=O)NCC2(c3ccc(F)cc3)CCC2)ccc1OCC(N)=O. The van der Waals surface area contributed by atoms with Crippen LogP contribution in [0.4, 0.5) is 4.39 Å². The molecule has 0 radical (unpaired) electrons. The molecule has 148 valence electrons. The van der Waals surface area contributed by atoms with Crippen LogP contribution in [0.3, 0.4) is 0 Å². The van der Waals surface area contributed by atoms with E-state index < -0.39 is 5.91 Å². The lowest BCUT2D eigenvalue weighted by molar-refractivity contribution is -0.119. The smallest absolute Gasteiger partial charge is 0.255 e. The Morgan fingerprint density at radius 3 is 2.43 bits per heavy atom. The zero-order valence-corrected chi connectivity index (χ0v) is 15.7. The number of nitrogens with two attached hydrogens (primary N) is 1. The second kappa shape index (κ2) is 8.29. The highest BCUT2D eigenvalue weighted by Gasteiger charge is 2.38. The van der Waals surface area contributed by atoms with Crippen molar-refractivity contribution in [3.05, 3.63) is 59.4 Å². The van der Waals surface area contributed by atoms with Crippen molar-refractivity contribution in [2.24, 2.45) is 5.73 Å². The molecule has 0 saturated heterocycles. The molecule has 3 rings (SSSR count). The van der Waals surface area contributed by atoms with E-state index in [4.69, 9.17) is 15.2 Å². The van der Waals surface area contributed by atoms with Gasteiger partial charge < -0.3 is 20.5 Å². The lowest BCUT2D eigenvalue weighted by atomic mass is 9.64. The summed E-state index contributed by atoms with van der Waals surface area (Å²) >= 11 is 0. The molecule has 0 unspecified atom stereocenters. The van der Waals surface area contributed by atoms with Crippen LogP contribution >= 0.6 is 0 Å². The summed E-state index contributed by atoms with van der Waals surface area (Å²) in [4.78, 5) is 23.5. The number of carbonyl (C=O) groups excluding carboxylic acids is 2. The molecule has 6 nitrogen and oxygen atoms in total. The summed E-state index contributed by atoms with van der Waals surface area (Å²) in [5.74, 6) is -0.443. The number of methoxy groups -OCH3 is 1. The zero-order valence-electron chi connectivity index (χ0n) is 15.7. The number of benzene rings is 2. The number of carbonyl (C=O) groups is 2. The summed E-state index contributed by atoms with van der Waals surface area (Å²) in [5.41, 5.74) is 6.37. The topological polar surface area (TPSA) is 90.7 Å². The minimum absolute atomic E-state index is 0.155. The first-order chi connectivity index (χ1) is 13.4. The van der Waals surface area contributed by atoms with Gasteiger partial charge in [-0.1, -0.05) is 18.6 Å². The molecular weight excluding hydrogens is 363 g/mol. The standard InChI is InChI=1S/C21H23FN2O4/c1-27-18-11-14(3-8-17(18)28-12-19(23)25)20(26)24-13-21(9-2-10-21)15-4-6-16(22)7-5-15/h3-8,11H,2,9-10,12-13H2,1H3,(H2,23,25)(H,24,26). The summed E-state index contributed by atoms with van der Waals surface area (Å²) < 4.78 is 23.7. The van der Waals surface area contributed by atoms with Gasteiger partial charge >= 0.3 is 0 Å². The number of ether oxygens (including phenoxy) is 2. The number of amides is 2. The fourth-order valence-electron chi connectivity index (χ4n) is 3.40. The molecule has 2 amide bonds. The molecular formula is C21H23FN2O4. The number of nitrogens with one attached hydrogen (secondary N) is 1. The summed E-state index contributed by atoms with van der Waals surface area (Å²) in [6, 6.07) is 11.2. The van der Waals surface area contributed by atoms with Gasteiger partial charge in [-0.25, -0.2) is 4.39 Å². The highest BCUT2D eigenvalue weighted by atomic mass is 19.1. The van der Waals surface area contributed by atoms with Gasteiger partial charge in [0.15, 0.2) is 18.1 Å². The van der Waals surface area contributed by atoms with Crippen molar-refractivity contribution in [1.82, 2.24) is 5.32 Å². The molecule has 0 aliphatic heterocycles. The molecule has 0 aromatic heterocycles. The van der Waals surface area contributed by atoms with E-state index in [0.717, 1.165) is 24.8 Å². The molecule has 7 heteroatoms. The van der Waals surface area contributed by atoms with Crippen LogP contribution in [0.2, 0.25) is 0 Å². The predicted octanol–water partition coefficient (Wildman–Crippen LogP) is 2.55. The van der Waals surface area contributed by atoms with Crippen LogP contribution in [0.5, 0.6) is 11.5 Å². The number of primary amides is 1. The van der Waals surface area contributed by atoms with Crippen molar-refractivity contribution >= 4 is 11.8 Å². The molecule has 1 fully saturated rings. The number of halogens is 1. The Hall–Kier alpha value is -3.09. The van der Waals surface area contributed by atoms with Crippen molar-refractivity contribution in [3.63, 3.8) is 0 Å². The quantitative estimate of drug-likeness (QED) is 0.730. The van der Waals surface area contributed by atoms with Gasteiger partial charge in [-0.3, -0.25) is 9.59 Å². The van der Waals surface area contributed by atoms with E-state index in [9.17, 15) is 14.0 Å². The van der Waals surface area contributed by atoms with Crippen molar-refractivity contribution in [1.29, 1.82) is 0 Å². The first kappa shape index (κ1) is 19.7. The number of hydrogen-bond acceptors (Lipinski definition) is 4. The van der Waals surface area contributed by atoms with E-state index in [1.54, 1.807) is 30.3 Å². The Kier molecular flexibility index (Phi) is 5.82. The first-order valence-corrected chi connectivity index (χ1v) is 9.07. The Morgan fingerprint density at radius 1 is 1.14 bits per heavy atom. The van der Waals surface area contributed by atoms with Gasteiger partial charge in [0.25, 0.3) is 11.8 Å². The summed E-state index contributed by atoms with van der Waals surface area (Å²) in [6.45, 7) is 0.196. The summed E-state index contributed by atoms with van der Waals surface area (Å²) in [5, 5.41) is 2.97. The van der Waals surface area contributed by atoms with E-state index >= 15 is 0 Å². The molecule has 1 saturated carbocycles. The molecule has 3 N–H and O–H groups in total. The third kappa shape index (κ3) is 4.24. The van der Waals surface area contributed by atoms with Crippen molar-refractivity contribution in [2.75, 3.05) is 20.3 Å². The van der Waals surface area contributed by atoms with Crippen molar-refractivity contribution < 1.29 is 23.5 Å². The van der Waals surface area contributed by atoms with E-state index in [2.05, 4.69) is 5.32 Å². The van der Waals surface area contributed by atoms with E-state index in [1.807, 2.05) is 0 Å². The number of hydrogen-bond donors (Lipinski definition) is 2. The van der Waals surface area contributed by atoms with Crippen LogP contribution in [-0.2, 0) is 10.2 Å². The van der Waals surface area contributed by atoms with Gasteiger partial charge in [0, 0.05) is 17.5 Å². The second-order valence-corrected chi connectivity index (χ2v) is 6.94. The maximum absolute atomic E-state index is 13.2. The van der Waals surface area contributed by atoms with E-state index in [-0.39, 0.29) is 23.7 Å². The molecule has 0 heterocycles. The lowest BCUT2D eigenvalue weighted by Crippen LogP contribution is -2.45. The molecule has 0 bridgehead atoms. The van der Waals surface area contributed by atoms with Gasteiger partial charge in [0.2, 0.25) is 0 Å². The monoisotopic (exact) mass is 386 g/mol. The highest BCUT2D eigenvalue weighted by Crippen LogP contribution is 2.43. The van der Waals surface area contributed by atoms with E-state index in [0.29, 0.717) is 23.6 Å². The van der Waals surface area contributed by atoms with Crippen LogP contribution < -0.4 is 20.5 Å². The van der Waals surface area contributed by atoms with Gasteiger partial charge in [0.05, 0.1) is 7.11 Å². The average Bonchev–Trinajstić information content (AvgIpc) is 2.66. The largest absolute Gasteiger partial charge is 0.493 e.